The first-order chi connectivity index (χ1) is 10.5. The van der Waals surface area contributed by atoms with E-state index < -0.39 is 44.4 Å². The topological polar surface area (TPSA) is 54.5 Å². The Morgan fingerprint density at radius 3 is 2.48 bits per heavy atom. The van der Waals surface area contributed by atoms with E-state index in [-0.39, 0.29) is 23.6 Å². The Hall–Kier alpha value is -0.990. The SMILES string of the molecule is O=C(CCl)N(c1ccc(Cl)c(C(F)(F)F)c1)C1CCS(=O)(=O)C1. The number of sulfone groups is 1. The first-order valence-corrected chi connectivity index (χ1v) is 9.24. The monoisotopic (exact) mass is 389 g/mol. The Balaban J connectivity index is 2.47. The molecule has 23 heavy (non-hydrogen) atoms. The summed E-state index contributed by atoms with van der Waals surface area (Å²) in [7, 11) is -3.32. The smallest absolute Gasteiger partial charge is 0.307 e. The van der Waals surface area contributed by atoms with Crippen LogP contribution in [-0.4, -0.2) is 37.8 Å². The van der Waals surface area contributed by atoms with Gasteiger partial charge in [0.05, 0.1) is 28.1 Å². The van der Waals surface area contributed by atoms with Crippen LogP contribution < -0.4 is 4.90 Å². The number of rotatable bonds is 3. The van der Waals surface area contributed by atoms with Crippen LogP contribution in [0.25, 0.3) is 0 Å². The number of carbonyl (C=O) groups excluding carboxylic acids is 1. The van der Waals surface area contributed by atoms with Crippen LogP contribution in [0.15, 0.2) is 18.2 Å². The lowest BCUT2D eigenvalue weighted by molar-refractivity contribution is -0.137. The Labute approximate surface area is 141 Å². The molecule has 4 nitrogen and oxygen atoms in total. The summed E-state index contributed by atoms with van der Waals surface area (Å²) in [6, 6.07) is 2.26. The quantitative estimate of drug-likeness (QED) is 0.746. The van der Waals surface area contributed by atoms with Crippen molar-refractivity contribution in [1.29, 1.82) is 0 Å². The van der Waals surface area contributed by atoms with E-state index in [1.54, 1.807) is 0 Å². The fourth-order valence-corrected chi connectivity index (χ4v) is 4.54. The Bertz CT molecular complexity index is 722. The first kappa shape index (κ1) is 18.4. The second kappa shape index (κ2) is 6.49. The zero-order chi connectivity index (χ0) is 17.4. The van der Waals surface area contributed by atoms with Crippen LogP contribution in [0.5, 0.6) is 0 Å². The van der Waals surface area contributed by atoms with Crippen LogP contribution >= 0.6 is 23.2 Å². The Morgan fingerprint density at radius 1 is 1.35 bits per heavy atom. The van der Waals surface area contributed by atoms with E-state index >= 15 is 0 Å². The lowest BCUT2D eigenvalue weighted by Gasteiger charge is -2.28. The molecule has 0 aromatic heterocycles. The zero-order valence-electron chi connectivity index (χ0n) is 11.6. The molecule has 1 aliphatic heterocycles. The van der Waals surface area contributed by atoms with Crippen molar-refractivity contribution in [2.24, 2.45) is 0 Å². The van der Waals surface area contributed by atoms with Crippen LogP contribution in [0.1, 0.15) is 12.0 Å². The molecular weight excluding hydrogens is 378 g/mol. The second-order valence-corrected chi connectivity index (χ2v) is 8.02. The number of hydrogen-bond donors (Lipinski definition) is 0. The molecule has 1 saturated heterocycles. The lowest BCUT2D eigenvalue weighted by atomic mass is 10.1. The van der Waals surface area contributed by atoms with E-state index in [1.165, 1.54) is 6.07 Å². The van der Waals surface area contributed by atoms with Crippen LogP contribution in [0, 0.1) is 0 Å². The minimum atomic E-state index is -4.69. The molecule has 128 valence electrons. The minimum Gasteiger partial charge on any atom is -0.307 e. The van der Waals surface area contributed by atoms with Crippen molar-refractivity contribution < 1.29 is 26.4 Å². The Kier molecular flexibility index (Phi) is 5.18. The molecule has 1 unspecified atom stereocenters. The first-order valence-electron chi connectivity index (χ1n) is 6.50. The number of hydrogen-bond acceptors (Lipinski definition) is 3. The summed E-state index contributed by atoms with van der Waals surface area (Å²) in [5, 5.41) is -0.501. The van der Waals surface area contributed by atoms with Gasteiger partial charge in [0.2, 0.25) is 5.91 Å². The molecule has 1 amide bonds. The number of nitrogens with zero attached hydrogens (tertiary/aromatic N) is 1. The van der Waals surface area contributed by atoms with E-state index in [2.05, 4.69) is 0 Å². The summed E-state index contributed by atoms with van der Waals surface area (Å²) in [6.07, 6.45) is -4.54. The molecule has 1 atom stereocenters. The number of benzene rings is 1. The second-order valence-electron chi connectivity index (χ2n) is 5.12. The summed E-state index contributed by atoms with van der Waals surface area (Å²) < 4.78 is 62.1. The van der Waals surface area contributed by atoms with Gasteiger partial charge in [0.1, 0.15) is 5.88 Å². The highest BCUT2D eigenvalue weighted by Crippen LogP contribution is 2.38. The number of anilines is 1. The van der Waals surface area contributed by atoms with Crippen LogP contribution in [0.3, 0.4) is 0 Å². The van der Waals surface area contributed by atoms with Gasteiger partial charge in [-0.05, 0) is 24.6 Å². The van der Waals surface area contributed by atoms with Crippen LogP contribution in [0.2, 0.25) is 5.02 Å². The molecule has 1 heterocycles. The number of amides is 1. The van der Waals surface area contributed by atoms with E-state index in [0.29, 0.717) is 0 Å². The molecular formula is C13H12Cl2F3NO3S. The van der Waals surface area contributed by atoms with Gasteiger partial charge in [-0.3, -0.25) is 4.79 Å². The number of alkyl halides is 4. The van der Waals surface area contributed by atoms with Crippen molar-refractivity contribution in [1.82, 2.24) is 0 Å². The van der Waals surface area contributed by atoms with Crippen LogP contribution in [-0.2, 0) is 20.8 Å². The van der Waals surface area contributed by atoms with E-state index in [9.17, 15) is 26.4 Å². The van der Waals surface area contributed by atoms with Gasteiger partial charge in [0.25, 0.3) is 0 Å². The van der Waals surface area contributed by atoms with Crippen molar-refractivity contribution >= 4 is 44.6 Å². The van der Waals surface area contributed by atoms with Gasteiger partial charge in [-0.25, -0.2) is 8.42 Å². The molecule has 0 bridgehead atoms. The highest BCUT2D eigenvalue weighted by molar-refractivity contribution is 7.91. The molecule has 0 saturated carbocycles. The van der Waals surface area contributed by atoms with Crippen molar-refractivity contribution in [3.8, 4) is 0 Å². The minimum absolute atomic E-state index is 0.0746. The molecule has 1 fully saturated rings. The zero-order valence-corrected chi connectivity index (χ0v) is 13.9. The lowest BCUT2D eigenvalue weighted by Crippen LogP contribution is -2.42. The number of halogens is 5. The largest absolute Gasteiger partial charge is 0.417 e. The molecule has 10 heteroatoms. The van der Waals surface area contributed by atoms with Gasteiger partial charge in [0, 0.05) is 5.69 Å². The molecule has 1 aromatic carbocycles. The van der Waals surface area contributed by atoms with Gasteiger partial charge >= 0.3 is 6.18 Å². The molecule has 1 aromatic rings. The summed E-state index contributed by atoms with van der Waals surface area (Å²) in [4.78, 5) is 13.1. The maximum atomic E-state index is 13.0. The van der Waals surface area contributed by atoms with Crippen molar-refractivity contribution in [3.05, 3.63) is 28.8 Å². The third-order valence-electron chi connectivity index (χ3n) is 3.49. The predicted molar refractivity (Wildman–Crippen MR) is 81.7 cm³/mol. The molecule has 0 aliphatic carbocycles. The standard InChI is InChI=1S/C13H12Cl2F3NO3S/c14-6-12(20)19(9-3-4-23(21,22)7-9)8-1-2-11(15)10(5-8)13(16,17)18/h1-2,5,9H,3-4,6-7H2. The summed E-state index contributed by atoms with van der Waals surface area (Å²) in [5.74, 6) is -1.56. The van der Waals surface area contributed by atoms with Crippen molar-refractivity contribution in [3.63, 3.8) is 0 Å². The van der Waals surface area contributed by atoms with E-state index in [1.807, 2.05) is 0 Å². The molecule has 0 radical (unpaired) electrons. The van der Waals surface area contributed by atoms with Gasteiger partial charge in [-0.2, -0.15) is 13.2 Å². The third-order valence-corrected chi connectivity index (χ3v) is 5.80. The van der Waals surface area contributed by atoms with Crippen molar-refractivity contribution in [2.75, 3.05) is 22.3 Å². The summed E-state index contributed by atoms with van der Waals surface area (Å²) >= 11 is 11.1. The normalized spacial score (nSPS) is 20.5. The molecule has 2 rings (SSSR count). The fourth-order valence-electron chi connectivity index (χ4n) is 2.48. The number of carbonyl (C=O) groups is 1. The van der Waals surface area contributed by atoms with Gasteiger partial charge in [-0.15, -0.1) is 11.6 Å². The van der Waals surface area contributed by atoms with Gasteiger partial charge in [-0.1, -0.05) is 11.6 Å². The third kappa shape index (κ3) is 4.10. The maximum Gasteiger partial charge on any atom is 0.417 e. The average Bonchev–Trinajstić information content (AvgIpc) is 2.79. The average molecular weight is 390 g/mol. The maximum absolute atomic E-state index is 13.0. The predicted octanol–water partition coefficient (Wildman–Crippen LogP) is 3.12. The van der Waals surface area contributed by atoms with E-state index in [0.717, 1.165) is 17.0 Å². The Morgan fingerprint density at radius 2 is 2.00 bits per heavy atom. The summed E-state index contributed by atoms with van der Waals surface area (Å²) in [6.45, 7) is 0. The van der Waals surface area contributed by atoms with Crippen molar-refractivity contribution in [2.45, 2.75) is 18.6 Å². The molecule has 0 N–H and O–H groups in total. The highest BCUT2D eigenvalue weighted by Gasteiger charge is 2.38. The highest BCUT2D eigenvalue weighted by atomic mass is 35.5. The van der Waals surface area contributed by atoms with Gasteiger partial charge in [0.15, 0.2) is 9.84 Å². The van der Waals surface area contributed by atoms with Crippen LogP contribution in [0.4, 0.5) is 18.9 Å². The molecule has 1 aliphatic rings. The van der Waals surface area contributed by atoms with E-state index in [4.69, 9.17) is 23.2 Å². The van der Waals surface area contributed by atoms with Gasteiger partial charge < -0.3 is 4.90 Å². The fraction of sp³-hybridized carbons (Fsp3) is 0.462. The summed E-state index contributed by atoms with van der Waals surface area (Å²) in [5.41, 5.74) is -1.17. The molecule has 0 spiro atoms.